The Bertz CT molecular complexity index is 1190. The van der Waals surface area contributed by atoms with Gasteiger partial charge in [0.2, 0.25) is 5.91 Å². The van der Waals surface area contributed by atoms with E-state index in [0.29, 0.717) is 16.5 Å². The van der Waals surface area contributed by atoms with E-state index in [9.17, 15) is 19.2 Å². The number of nitriles is 1. The van der Waals surface area contributed by atoms with Crippen molar-refractivity contribution < 1.29 is 14.0 Å². The first kappa shape index (κ1) is 20.6. The third-order valence-corrected chi connectivity index (χ3v) is 5.59. The second-order valence-corrected chi connectivity index (χ2v) is 8.03. The zero-order valence-corrected chi connectivity index (χ0v) is 17.1. The molecule has 2 atom stereocenters. The van der Waals surface area contributed by atoms with Crippen molar-refractivity contribution in [2.75, 3.05) is 6.54 Å². The van der Waals surface area contributed by atoms with E-state index in [1.165, 1.54) is 11.8 Å². The van der Waals surface area contributed by atoms with E-state index in [2.05, 4.69) is 9.97 Å². The Balaban J connectivity index is 1.54. The van der Waals surface area contributed by atoms with Crippen molar-refractivity contribution >= 4 is 22.6 Å². The molecular weight excluding hydrogens is 395 g/mol. The number of Topliss-reactive ketones (excluding diaryl/α,β-unsaturated/α-hetero) is 1. The van der Waals surface area contributed by atoms with Crippen molar-refractivity contribution in [3.8, 4) is 17.2 Å². The highest BCUT2D eigenvalue weighted by molar-refractivity contribution is 6.08. The monoisotopic (exact) mass is 416 g/mol. The van der Waals surface area contributed by atoms with Gasteiger partial charge >= 0.3 is 0 Å². The van der Waals surface area contributed by atoms with E-state index < -0.39 is 11.7 Å². The summed E-state index contributed by atoms with van der Waals surface area (Å²) in [6.07, 6.45) is 4.89. The van der Waals surface area contributed by atoms with Gasteiger partial charge < -0.3 is 4.90 Å². The molecule has 1 fully saturated rings. The van der Waals surface area contributed by atoms with Crippen LogP contribution in [0.25, 0.3) is 22.0 Å². The van der Waals surface area contributed by atoms with E-state index in [4.69, 9.17) is 0 Å². The van der Waals surface area contributed by atoms with Crippen LogP contribution in [0.5, 0.6) is 0 Å². The van der Waals surface area contributed by atoms with Crippen LogP contribution < -0.4 is 0 Å². The first-order valence-corrected chi connectivity index (χ1v) is 10.1. The molecule has 1 aliphatic heterocycles. The van der Waals surface area contributed by atoms with Crippen LogP contribution in [0.15, 0.2) is 55.0 Å². The summed E-state index contributed by atoms with van der Waals surface area (Å²) in [7, 11) is 0. The van der Waals surface area contributed by atoms with E-state index in [1.807, 2.05) is 36.4 Å². The van der Waals surface area contributed by atoms with Gasteiger partial charge in [-0.3, -0.25) is 19.6 Å². The second-order valence-electron chi connectivity index (χ2n) is 8.03. The predicted molar refractivity (Wildman–Crippen MR) is 114 cm³/mol. The second kappa shape index (κ2) is 8.23. The van der Waals surface area contributed by atoms with E-state index in [-0.39, 0.29) is 37.5 Å². The molecule has 7 heteroatoms. The number of likely N-dealkylation sites (tertiary alicyclic amines) is 1. The summed E-state index contributed by atoms with van der Waals surface area (Å²) in [5.74, 6) is -0.569. The van der Waals surface area contributed by atoms with Gasteiger partial charge in [0.1, 0.15) is 11.7 Å². The topological polar surface area (TPSA) is 87.0 Å². The maximum atomic E-state index is 14.3. The molecule has 0 bridgehead atoms. The zero-order valence-electron chi connectivity index (χ0n) is 17.1. The Labute approximate surface area is 179 Å². The van der Waals surface area contributed by atoms with Crippen LogP contribution in [0.1, 0.15) is 36.5 Å². The summed E-state index contributed by atoms with van der Waals surface area (Å²) in [5.41, 5.74) is 1.50. The number of aromatic nitrogens is 2. The molecule has 1 saturated heterocycles. The molecule has 1 aromatic carbocycles. The van der Waals surface area contributed by atoms with Gasteiger partial charge in [0.25, 0.3) is 0 Å². The largest absolute Gasteiger partial charge is 0.323 e. The molecule has 0 N–H and O–H groups in total. The minimum absolute atomic E-state index is 0.00401. The van der Waals surface area contributed by atoms with E-state index in [0.717, 1.165) is 11.1 Å². The SMILES string of the molecule is CC1(F)C[C@@H](C#N)N(C(=O)CCC(=O)c2ccnc3ccc(-c4ccncc4)cc23)C1. The van der Waals surface area contributed by atoms with Gasteiger partial charge in [0.05, 0.1) is 18.1 Å². The van der Waals surface area contributed by atoms with Gasteiger partial charge in [-0.05, 0) is 48.4 Å². The number of pyridine rings is 2. The molecule has 0 aliphatic carbocycles. The van der Waals surface area contributed by atoms with Crippen molar-refractivity contribution in [3.05, 3.63) is 60.6 Å². The molecule has 6 nitrogen and oxygen atoms in total. The lowest BCUT2D eigenvalue weighted by molar-refractivity contribution is -0.131. The molecule has 0 spiro atoms. The number of rotatable bonds is 5. The van der Waals surface area contributed by atoms with Gasteiger partial charge in [0.15, 0.2) is 5.78 Å². The summed E-state index contributed by atoms with van der Waals surface area (Å²) in [5, 5.41) is 9.93. The normalized spacial score (nSPS) is 20.5. The molecule has 3 aromatic rings. The Kier molecular flexibility index (Phi) is 5.47. The third kappa shape index (κ3) is 4.29. The van der Waals surface area contributed by atoms with Crippen LogP contribution in [-0.4, -0.2) is 44.8 Å². The number of hydrogen-bond donors (Lipinski definition) is 0. The third-order valence-electron chi connectivity index (χ3n) is 5.59. The standard InChI is InChI=1S/C24H21FN4O2/c1-24(25)13-18(14-26)29(15-24)23(31)5-4-22(30)19-8-11-28-21-3-2-17(12-20(19)21)16-6-9-27-10-7-16/h2-3,6-12,18H,4-5,13,15H2,1H3/t18-,24?/m0/s1. The Morgan fingerprint density at radius 3 is 2.68 bits per heavy atom. The fourth-order valence-corrected chi connectivity index (χ4v) is 4.03. The van der Waals surface area contributed by atoms with Gasteiger partial charge in [-0.2, -0.15) is 5.26 Å². The first-order valence-electron chi connectivity index (χ1n) is 10.1. The lowest BCUT2D eigenvalue weighted by atomic mass is 9.98. The fraction of sp³-hybridized carbons (Fsp3) is 0.292. The van der Waals surface area contributed by atoms with Crippen LogP contribution in [-0.2, 0) is 4.79 Å². The maximum Gasteiger partial charge on any atom is 0.224 e. The van der Waals surface area contributed by atoms with Gasteiger partial charge in [0, 0.05) is 48.8 Å². The summed E-state index contributed by atoms with van der Waals surface area (Å²) in [6, 6.07) is 12.3. The minimum Gasteiger partial charge on any atom is -0.323 e. The Morgan fingerprint density at radius 2 is 1.94 bits per heavy atom. The number of nitrogens with zero attached hydrogens (tertiary/aromatic N) is 4. The maximum absolute atomic E-state index is 14.3. The molecule has 1 unspecified atom stereocenters. The molecule has 31 heavy (non-hydrogen) atoms. The van der Waals surface area contributed by atoms with Crippen LogP contribution in [0.3, 0.4) is 0 Å². The van der Waals surface area contributed by atoms with Crippen LogP contribution >= 0.6 is 0 Å². The van der Waals surface area contributed by atoms with Crippen LogP contribution in [0.4, 0.5) is 4.39 Å². The number of hydrogen-bond acceptors (Lipinski definition) is 5. The highest BCUT2D eigenvalue weighted by Gasteiger charge is 2.43. The number of fused-ring (bicyclic) bond motifs is 1. The lowest BCUT2D eigenvalue weighted by Gasteiger charge is -2.19. The first-order chi connectivity index (χ1) is 14.9. The molecular formula is C24H21FN4O2. The average molecular weight is 416 g/mol. The van der Waals surface area contributed by atoms with Crippen molar-refractivity contribution in [2.45, 2.75) is 37.9 Å². The molecule has 0 saturated carbocycles. The molecule has 4 rings (SSSR count). The molecule has 3 heterocycles. The molecule has 0 radical (unpaired) electrons. The number of benzene rings is 1. The zero-order chi connectivity index (χ0) is 22.0. The van der Waals surface area contributed by atoms with Gasteiger partial charge in [-0.1, -0.05) is 6.07 Å². The number of carbonyl (C=O) groups excluding carboxylic acids is 2. The summed E-state index contributed by atoms with van der Waals surface area (Å²) in [4.78, 5) is 35.1. The molecule has 156 valence electrons. The average Bonchev–Trinajstić information content (AvgIpc) is 3.11. The number of amides is 1. The number of alkyl halides is 1. The summed E-state index contributed by atoms with van der Waals surface area (Å²) in [6.45, 7) is 1.27. The van der Waals surface area contributed by atoms with Crippen molar-refractivity contribution in [1.29, 1.82) is 5.26 Å². The van der Waals surface area contributed by atoms with Gasteiger partial charge in [-0.25, -0.2) is 4.39 Å². The number of ketones is 1. The van der Waals surface area contributed by atoms with Crippen LogP contribution in [0, 0.1) is 11.3 Å². The molecule has 2 aromatic heterocycles. The van der Waals surface area contributed by atoms with E-state index in [1.54, 1.807) is 24.7 Å². The van der Waals surface area contributed by atoms with Crippen molar-refractivity contribution in [2.24, 2.45) is 0 Å². The molecule has 1 aliphatic rings. The summed E-state index contributed by atoms with van der Waals surface area (Å²) >= 11 is 0. The minimum atomic E-state index is -1.58. The van der Waals surface area contributed by atoms with Gasteiger partial charge in [-0.15, -0.1) is 0 Å². The van der Waals surface area contributed by atoms with Crippen LogP contribution in [0.2, 0.25) is 0 Å². The Hall–Kier alpha value is -3.66. The van der Waals surface area contributed by atoms with Crippen molar-refractivity contribution in [1.82, 2.24) is 14.9 Å². The summed E-state index contributed by atoms with van der Waals surface area (Å²) < 4.78 is 14.3. The smallest absolute Gasteiger partial charge is 0.224 e. The number of carbonyl (C=O) groups is 2. The predicted octanol–water partition coefficient (Wildman–Crippen LogP) is 4.11. The quantitative estimate of drug-likeness (QED) is 0.584. The Morgan fingerprint density at radius 1 is 1.16 bits per heavy atom. The highest BCUT2D eigenvalue weighted by Crippen LogP contribution is 2.31. The fourth-order valence-electron chi connectivity index (χ4n) is 4.03. The lowest BCUT2D eigenvalue weighted by Crippen LogP contribution is -2.36. The highest BCUT2D eigenvalue weighted by atomic mass is 19.1. The van der Waals surface area contributed by atoms with Crippen molar-refractivity contribution in [3.63, 3.8) is 0 Å². The number of halogens is 1. The van der Waals surface area contributed by atoms with E-state index >= 15 is 0 Å². The molecule has 1 amide bonds.